The smallest absolute Gasteiger partial charge is 0.324 e. The van der Waals surface area contributed by atoms with Crippen molar-refractivity contribution in [3.05, 3.63) is 0 Å². The van der Waals surface area contributed by atoms with E-state index < -0.39 is 0 Å². The maximum Gasteiger partial charge on any atom is 0.324 e. The second-order valence-corrected chi connectivity index (χ2v) is 8.06. The number of anilines is 1. The van der Waals surface area contributed by atoms with E-state index in [0.29, 0.717) is 19.1 Å². The highest BCUT2D eigenvalue weighted by Crippen LogP contribution is 2.41. The Balaban J connectivity index is 1.45. The third-order valence-electron chi connectivity index (χ3n) is 5.11. The maximum absolute atomic E-state index is 12.2. The molecule has 0 aromatic carbocycles. The Bertz CT molecular complexity index is 666. The number of nitrogens with zero attached hydrogens (tertiary/aromatic N) is 5. The molecule has 0 radical (unpaired) electrons. The highest BCUT2D eigenvalue weighted by molar-refractivity contribution is 7.99. The van der Waals surface area contributed by atoms with Crippen LogP contribution in [0.3, 0.4) is 0 Å². The summed E-state index contributed by atoms with van der Waals surface area (Å²) in [5.74, 6) is 1.77. The van der Waals surface area contributed by atoms with E-state index in [9.17, 15) is 9.59 Å². The van der Waals surface area contributed by atoms with Crippen LogP contribution in [0.5, 0.6) is 0 Å². The van der Waals surface area contributed by atoms with Gasteiger partial charge in [-0.05, 0) is 31.6 Å². The SMILES string of the molecule is CC1CCN(c2nnc(SCC(=O)N3CCNC3=O)n2C2CC2)CC1. The van der Waals surface area contributed by atoms with Crippen molar-refractivity contribution in [1.29, 1.82) is 0 Å². The number of aromatic nitrogens is 3. The van der Waals surface area contributed by atoms with Crippen LogP contribution in [0, 0.1) is 5.92 Å². The zero-order valence-electron chi connectivity index (χ0n) is 14.5. The van der Waals surface area contributed by atoms with Gasteiger partial charge in [0.2, 0.25) is 11.9 Å². The monoisotopic (exact) mass is 364 g/mol. The highest BCUT2D eigenvalue weighted by atomic mass is 32.2. The van der Waals surface area contributed by atoms with Crippen LogP contribution in [0.2, 0.25) is 0 Å². The topological polar surface area (TPSA) is 83.4 Å². The summed E-state index contributed by atoms with van der Waals surface area (Å²) in [7, 11) is 0. The van der Waals surface area contributed by atoms with Crippen LogP contribution in [0.4, 0.5) is 10.7 Å². The highest BCUT2D eigenvalue weighted by Gasteiger charge is 2.33. The molecule has 0 spiro atoms. The summed E-state index contributed by atoms with van der Waals surface area (Å²) in [6, 6.07) is 0.162. The molecule has 3 aliphatic rings. The van der Waals surface area contributed by atoms with E-state index in [0.717, 1.165) is 43.0 Å². The minimum atomic E-state index is -0.294. The molecule has 9 heteroatoms. The van der Waals surface area contributed by atoms with E-state index in [1.807, 2.05) is 0 Å². The molecule has 4 rings (SSSR count). The summed E-state index contributed by atoms with van der Waals surface area (Å²) in [5, 5.41) is 12.2. The molecule has 3 amide bonds. The van der Waals surface area contributed by atoms with Gasteiger partial charge in [0, 0.05) is 32.2 Å². The lowest BCUT2D eigenvalue weighted by atomic mass is 10.00. The first-order valence-corrected chi connectivity index (χ1v) is 10.0. The minimum absolute atomic E-state index is 0.168. The maximum atomic E-state index is 12.2. The number of amides is 3. The van der Waals surface area contributed by atoms with Gasteiger partial charge in [0.15, 0.2) is 5.16 Å². The molecule has 2 saturated heterocycles. The first-order valence-electron chi connectivity index (χ1n) is 9.04. The fraction of sp³-hybridized carbons (Fsp3) is 0.750. The van der Waals surface area contributed by atoms with Gasteiger partial charge in [-0.3, -0.25) is 14.3 Å². The lowest BCUT2D eigenvalue weighted by Crippen LogP contribution is -2.35. The summed E-state index contributed by atoms with van der Waals surface area (Å²) in [5.41, 5.74) is 0. The molecule has 2 aliphatic heterocycles. The number of carbonyl (C=O) groups excluding carboxylic acids is 2. The van der Waals surface area contributed by atoms with E-state index in [4.69, 9.17) is 0 Å². The standard InChI is InChI=1S/C16H24N6O2S/c1-11-4-7-20(8-5-11)14-18-19-16(22(14)12-2-3-12)25-10-13(23)21-9-6-17-15(21)24/h11-12H,2-10H2,1H3,(H,17,24). The van der Waals surface area contributed by atoms with Gasteiger partial charge in [0.05, 0.1) is 5.75 Å². The number of rotatable bonds is 5. The van der Waals surface area contributed by atoms with E-state index in [1.54, 1.807) is 0 Å². The largest absolute Gasteiger partial charge is 0.341 e. The van der Waals surface area contributed by atoms with Gasteiger partial charge >= 0.3 is 6.03 Å². The van der Waals surface area contributed by atoms with E-state index in [1.165, 1.54) is 29.5 Å². The van der Waals surface area contributed by atoms with Crippen molar-refractivity contribution in [2.75, 3.05) is 36.8 Å². The van der Waals surface area contributed by atoms with Crippen LogP contribution in [0.1, 0.15) is 38.6 Å². The molecule has 1 saturated carbocycles. The molecule has 136 valence electrons. The zero-order valence-corrected chi connectivity index (χ0v) is 15.3. The fourth-order valence-corrected chi connectivity index (χ4v) is 4.23. The number of nitrogens with one attached hydrogen (secondary N) is 1. The number of imide groups is 1. The van der Waals surface area contributed by atoms with Crippen molar-refractivity contribution in [1.82, 2.24) is 25.0 Å². The van der Waals surface area contributed by atoms with Crippen molar-refractivity contribution in [3.8, 4) is 0 Å². The van der Waals surface area contributed by atoms with Crippen LogP contribution >= 0.6 is 11.8 Å². The number of hydrogen-bond acceptors (Lipinski definition) is 6. The minimum Gasteiger partial charge on any atom is -0.341 e. The molecule has 1 aromatic heterocycles. The third-order valence-corrected chi connectivity index (χ3v) is 6.04. The molecule has 25 heavy (non-hydrogen) atoms. The van der Waals surface area contributed by atoms with Crippen molar-refractivity contribution in [2.24, 2.45) is 5.92 Å². The van der Waals surface area contributed by atoms with Gasteiger partial charge in [-0.2, -0.15) is 0 Å². The van der Waals surface area contributed by atoms with Crippen molar-refractivity contribution >= 4 is 29.6 Å². The van der Waals surface area contributed by atoms with Crippen LogP contribution in [0.25, 0.3) is 0 Å². The summed E-state index contributed by atoms with van der Waals surface area (Å²) in [6.07, 6.45) is 4.65. The average molecular weight is 364 g/mol. The van der Waals surface area contributed by atoms with Gasteiger partial charge in [0.1, 0.15) is 0 Å². The fourth-order valence-electron chi connectivity index (χ4n) is 3.36. The molecule has 0 unspecified atom stereocenters. The van der Waals surface area contributed by atoms with Crippen molar-refractivity contribution in [2.45, 2.75) is 43.8 Å². The quantitative estimate of drug-likeness (QED) is 0.797. The second kappa shape index (κ2) is 6.86. The molecule has 1 aromatic rings. The first-order chi connectivity index (χ1) is 12.1. The van der Waals surface area contributed by atoms with Crippen LogP contribution < -0.4 is 10.2 Å². The Morgan fingerprint density at radius 2 is 1.96 bits per heavy atom. The second-order valence-electron chi connectivity index (χ2n) is 7.12. The van der Waals surface area contributed by atoms with Gasteiger partial charge in [0.25, 0.3) is 0 Å². The van der Waals surface area contributed by atoms with E-state index in [2.05, 4.69) is 31.9 Å². The predicted molar refractivity (Wildman–Crippen MR) is 94.7 cm³/mol. The molecule has 8 nitrogen and oxygen atoms in total. The lowest BCUT2D eigenvalue weighted by Gasteiger charge is -2.31. The number of urea groups is 1. The van der Waals surface area contributed by atoms with Crippen LogP contribution in [-0.4, -0.2) is 63.5 Å². The molecule has 0 bridgehead atoms. The Hall–Kier alpha value is -1.77. The normalized spacial score (nSPS) is 21.7. The number of carbonyl (C=O) groups is 2. The predicted octanol–water partition coefficient (Wildman–Crippen LogP) is 1.49. The lowest BCUT2D eigenvalue weighted by molar-refractivity contribution is -0.124. The Morgan fingerprint density at radius 3 is 2.60 bits per heavy atom. The number of thioether (sulfide) groups is 1. The van der Waals surface area contributed by atoms with Gasteiger partial charge in [-0.25, -0.2) is 4.79 Å². The Kier molecular flexibility index (Phi) is 4.58. The van der Waals surface area contributed by atoms with Gasteiger partial charge in [-0.15, -0.1) is 10.2 Å². The first kappa shape index (κ1) is 16.7. The molecule has 1 aliphatic carbocycles. The molecule has 3 fully saturated rings. The average Bonchev–Trinajstić information content (AvgIpc) is 3.21. The summed E-state index contributed by atoms with van der Waals surface area (Å²) in [4.78, 5) is 27.4. The summed E-state index contributed by atoms with van der Waals surface area (Å²) >= 11 is 1.39. The van der Waals surface area contributed by atoms with Crippen molar-refractivity contribution < 1.29 is 9.59 Å². The van der Waals surface area contributed by atoms with E-state index in [-0.39, 0.29) is 17.7 Å². The van der Waals surface area contributed by atoms with Crippen LogP contribution in [-0.2, 0) is 4.79 Å². The van der Waals surface area contributed by atoms with Crippen molar-refractivity contribution in [3.63, 3.8) is 0 Å². The Labute approximate surface area is 151 Å². The van der Waals surface area contributed by atoms with Crippen LogP contribution in [0.15, 0.2) is 5.16 Å². The summed E-state index contributed by atoms with van der Waals surface area (Å²) in [6.45, 7) is 5.31. The number of hydrogen-bond donors (Lipinski definition) is 1. The Morgan fingerprint density at radius 1 is 1.20 bits per heavy atom. The number of piperidine rings is 1. The zero-order chi connectivity index (χ0) is 17.4. The molecular weight excluding hydrogens is 340 g/mol. The third kappa shape index (κ3) is 3.47. The molecular formula is C16H24N6O2S. The van der Waals surface area contributed by atoms with E-state index >= 15 is 0 Å². The van der Waals surface area contributed by atoms with Gasteiger partial charge < -0.3 is 10.2 Å². The molecule has 1 N–H and O–H groups in total. The molecule has 0 atom stereocenters. The summed E-state index contributed by atoms with van der Waals surface area (Å²) < 4.78 is 2.21. The molecule has 3 heterocycles. The van der Waals surface area contributed by atoms with Gasteiger partial charge in [-0.1, -0.05) is 18.7 Å².